The molecule has 0 aliphatic carbocycles. The molecule has 23 heavy (non-hydrogen) atoms. The van der Waals surface area contributed by atoms with Crippen LogP contribution >= 0.6 is 23.2 Å². The largest absolute Gasteiger partial charge is 0.433 e. The molecule has 0 saturated heterocycles. The van der Waals surface area contributed by atoms with Gasteiger partial charge in [0.2, 0.25) is 5.90 Å². The molecule has 1 aromatic heterocycles. The summed E-state index contributed by atoms with van der Waals surface area (Å²) in [6, 6.07) is 7.16. The van der Waals surface area contributed by atoms with Gasteiger partial charge in [-0.25, -0.2) is 9.79 Å². The van der Waals surface area contributed by atoms with E-state index in [1.165, 1.54) is 24.3 Å². The van der Waals surface area contributed by atoms with Crippen molar-refractivity contribution in [3.8, 4) is 0 Å². The maximum Gasteiger partial charge on any atom is 0.433 e. The van der Waals surface area contributed by atoms with Gasteiger partial charge in [0, 0.05) is 11.1 Å². The second-order valence-corrected chi connectivity index (χ2v) is 5.24. The molecule has 1 aliphatic rings. The third-order valence-electron chi connectivity index (χ3n) is 2.85. The van der Waals surface area contributed by atoms with Crippen molar-refractivity contribution in [2.75, 3.05) is 0 Å². The number of hydrogen-bond acceptors (Lipinski definition) is 6. The number of halogens is 2. The fraction of sp³-hybridized carbons (Fsp3) is 0. The van der Waals surface area contributed by atoms with E-state index in [9.17, 15) is 14.9 Å². The lowest BCUT2D eigenvalue weighted by atomic mass is 10.2. The van der Waals surface area contributed by atoms with Gasteiger partial charge >= 0.3 is 11.9 Å². The summed E-state index contributed by atoms with van der Waals surface area (Å²) in [4.78, 5) is 25.7. The molecule has 0 amide bonds. The number of esters is 1. The Labute approximate surface area is 138 Å². The molecule has 7 nitrogen and oxygen atoms in total. The maximum atomic E-state index is 11.8. The number of ether oxygens (including phenoxy) is 1. The Kier molecular flexibility index (Phi) is 3.89. The van der Waals surface area contributed by atoms with Crippen LogP contribution in [0, 0.1) is 10.1 Å². The van der Waals surface area contributed by atoms with E-state index in [1.807, 2.05) is 0 Å². The number of nitrogens with zero attached hydrogens (tertiary/aromatic N) is 2. The molecule has 0 fully saturated rings. The summed E-state index contributed by atoms with van der Waals surface area (Å²) in [7, 11) is 0. The molecule has 0 N–H and O–H groups in total. The van der Waals surface area contributed by atoms with E-state index in [1.54, 1.807) is 12.1 Å². The standard InChI is InChI=1S/C14H6Cl2N2O5/c15-7-1-3-9(10(16)5-7)13-17-11(14(19)23-13)6-8-2-4-12(22-8)18(20)21/h1-6H. The van der Waals surface area contributed by atoms with Crippen molar-refractivity contribution in [3.63, 3.8) is 0 Å². The quantitative estimate of drug-likeness (QED) is 0.362. The zero-order valence-corrected chi connectivity index (χ0v) is 12.7. The molecule has 0 unspecified atom stereocenters. The lowest BCUT2D eigenvalue weighted by Crippen LogP contribution is -2.05. The molecule has 0 spiro atoms. The van der Waals surface area contributed by atoms with Crippen LogP contribution in [0.15, 0.2) is 45.4 Å². The second kappa shape index (κ2) is 5.86. The average molecular weight is 353 g/mol. The predicted molar refractivity (Wildman–Crippen MR) is 82.4 cm³/mol. The summed E-state index contributed by atoms with van der Waals surface area (Å²) < 4.78 is 9.99. The number of furan rings is 1. The number of nitro groups is 1. The highest BCUT2D eigenvalue weighted by atomic mass is 35.5. The van der Waals surface area contributed by atoms with Crippen LogP contribution in [0.1, 0.15) is 11.3 Å². The molecule has 3 rings (SSSR count). The smallest absolute Gasteiger partial charge is 0.402 e. The van der Waals surface area contributed by atoms with E-state index in [4.69, 9.17) is 32.4 Å². The molecule has 1 aliphatic heterocycles. The Morgan fingerprint density at radius 3 is 2.65 bits per heavy atom. The fourth-order valence-corrected chi connectivity index (χ4v) is 2.33. The van der Waals surface area contributed by atoms with Crippen molar-refractivity contribution in [3.05, 3.63) is 67.5 Å². The van der Waals surface area contributed by atoms with Crippen LogP contribution in [0.4, 0.5) is 5.88 Å². The van der Waals surface area contributed by atoms with Crippen LogP contribution in [-0.2, 0) is 9.53 Å². The minimum Gasteiger partial charge on any atom is -0.402 e. The highest BCUT2D eigenvalue weighted by Crippen LogP contribution is 2.27. The average Bonchev–Trinajstić information content (AvgIpc) is 3.07. The lowest BCUT2D eigenvalue weighted by molar-refractivity contribution is -0.402. The molecule has 9 heteroatoms. The van der Waals surface area contributed by atoms with Gasteiger partial charge in [0.25, 0.3) is 0 Å². The van der Waals surface area contributed by atoms with E-state index in [-0.39, 0.29) is 22.4 Å². The zero-order chi connectivity index (χ0) is 16.6. The number of benzene rings is 1. The summed E-state index contributed by atoms with van der Waals surface area (Å²) in [6.07, 6.45) is 1.24. The molecule has 116 valence electrons. The van der Waals surface area contributed by atoms with Crippen LogP contribution in [0.25, 0.3) is 6.08 Å². The first kappa shape index (κ1) is 15.3. The first-order valence-electron chi connectivity index (χ1n) is 6.16. The minimum absolute atomic E-state index is 0.0176. The van der Waals surface area contributed by atoms with Gasteiger partial charge in [-0.3, -0.25) is 10.1 Å². The minimum atomic E-state index is -0.718. The maximum absolute atomic E-state index is 11.8. The van der Waals surface area contributed by atoms with Crippen molar-refractivity contribution in [2.24, 2.45) is 4.99 Å². The first-order chi connectivity index (χ1) is 10.9. The molecule has 1 aromatic carbocycles. The van der Waals surface area contributed by atoms with Gasteiger partial charge in [-0.05, 0) is 24.3 Å². The summed E-state index contributed by atoms with van der Waals surface area (Å²) in [5.41, 5.74) is 0.341. The molecule has 0 atom stereocenters. The molecule has 2 aromatic rings. The molecule has 2 heterocycles. The normalized spacial score (nSPS) is 15.7. The van der Waals surface area contributed by atoms with Crippen molar-refractivity contribution in [1.29, 1.82) is 0 Å². The number of carbonyl (C=O) groups excluding carboxylic acids is 1. The monoisotopic (exact) mass is 352 g/mol. The second-order valence-electron chi connectivity index (χ2n) is 4.39. The Morgan fingerprint density at radius 2 is 2.00 bits per heavy atom. The van der Waals surface area contributed by atoms with E-state index in [0.717, 1.165) is 0 Å². The van der Waals surface area contributed by atoms with E-state index < -0.39 is 16.8 Å². The summed E-state index contributed by atoms with van der Waals surface area (Å²) >= 11 is 11.8. The number of rotatable bonds is 3. The Bertz CT molecular complexity index is 885. The molecule has 0 radical (unpaired) electrons. The number of cyclic esters (lactones) is 1. The van der Waals surface area contributed by atoms with Gasteiger partial charge in [0.1, 0.15) is 10.7 Å². The van der Waals surface area contributed by atoms with Gasteiger partial charge in [-0.15, -0.1) is 0 Å². The zero-order valence-electron chi connectivity index (χ0n) is 11.2. The van der Waals surface area contributed by atoms with Gasteiger partial charge in [-0.1, -0.05) is 23.2 Å². The molecule has 0 saturated carbocycles. The highest BCUT2D eigenvalue weighted by Gasteiger charge is 2.26. The molecule has 0 bridgehead atoms. The molecular formula is C14H6Cl2N2O5. The topological polar surface area (TPSA) is 94.9 Å². The van der Waals surface area contributed by atoms with Crippen LogP contribution in [0.2, 0.25) is 10.0 Å². The number of carbonyl (C=O) groups is 1. The van der Waals surface area contributed by atoms with Crippen molar-refractivity contribution >= 4 is 47.0 Å². The Morgan fingerprint density at radius 1 is 1.22 bits per heavy atom. The SMILES string of the molecule is O=C1OC(c2ccc(Cl)cc2Cl)=NC1=Cc1ccc([N+](=O)[O-])o1. The van der Waals surface area contributed by atoms with Gasteiger partial charge in [0.05, 0.1) is 16.7 Å². The lowest BCUT2D eigenvalue weighted by Gasteiger charge is -2.02. The first-order valence-corrected chi connectivity index (χ1v) is 6.92. The van der Waals surface area contributed by atoms with Crippen molar-refractivity contribution < 1.29 is 18.9 Å². The number of aliphatic imine (C=N–C) groups is 1. The van der Waals surface area contributed by atoms with Crippen molar-refractivity contribution in [1.82, 2.24) is 0 Å². The van der Waals surface area contributed by atoms with Crippen LogP contribution < -0.4 is 0 Å². The third-order valence-corrected chi connectivity index (χ3v) is 3.40. The Balaban J connectivity index is 1.94. The van der Waals surface area contributed by atoms with Gasteiger partial charge in [-0.2, -0.15) is 0 Å². The number of hydrogen-bond donors (Lipinski definition) is 0. The third kappa shape index (κ3) is 3.10. The highest BCUT2D eigenvalue weighted by molar-refractivity contribution is 6.37. The van der Waals surface area contributed by atoms with E-state index >= 15 is 0 Å². The summed E-state index contributed by atoms with van der Waals surface area (Å²) in [6.45, 7) is 0. The van der Waals surface area contributed by atoms with Crippen LogP contribution in [-0.4, -0.2) is 16.8 Å². The fourth-order valence-electron chi connectivity index (χ4n) is 1.84. The van der Waals surface area contributed by atoms with Gasteiger partial charge < -0.3 is 9.15 Å². The van der Waals surface area contributed by atoms with Crippen LogP contribution in [0.5, 0.6) is 0 Å². The summed E-state index contributed by atoms with van der Waals surface area (Å²) in [5.74, 6) is -1.03. The molecular weight excluding hydrogens is 347 g/mol. The van der Waals surface area contributed by atoms with Crippen LogP contribution in [0.3, 0.4) is 0 Å². The van der Waals surface area contributed by atoms with Gasteiger partial charge in [0.15, 0.2) is 5.70 Å². The van der Waals surface area contributed by atoms with Crippen molar-refractivity contribution in [2.45, 2.75) is 0 Å². The van der Waals surface area contributed by atoms with E-state index in [2.05, 4.69) is 4.99 Å². The summed E-state index contributed by atoms with van der Waals surface area (Å²) in [5, 5.41) is 11.3. The Hall–Kier alpha value is -2.64. The van der Waals surface area contributed by atoms with E-state index in [0.29, 0.717) is 10.6 Å². The predicted octanol–water partition coefficient (Wildman–Crippen LogP) is 3.84.